The van der Waals surface area contributed by atoms with Gasteiger partial charge in [-0.15, -0.1) is 0 Å². The fourth-order valence-electron chi connectivity index (χ4n) is 2.93. The third-order valence-corrected chi connectivity index (χ3v) is 6.83. The first kappa shape index (κ1) is 21.7. The molecule has 0 fully saturated rings. The van der Waals surface area contributed by atoms with Crippen LogP contribution in [0.25, 0.3) is 0 Å². The van der Waals surface area contributed by atoms with E-state index >= 15 is 0 Å². The van der Waals surface area contributed by atoms with Gasteiger partial charge >= 0.3 is 0 Å². The van der Waals surface area contributed by atoms with Crippen LogP contribution in [0.3, 0.4) is 0 Å². The predicted octanol–water partition coefficient (Wildman–Crippen LogP) is 3.86. The van der Waals surface area contributed by atoms with E-state index in [0.717, 1.165) is 9.87 Å². The van der Waals surface area contributed by atoms with Gasteiger partial charge in [-0.2, -0.15) is 4.31 Å². The number of rotatable bonds is 6. The first-order chi connectivity index (χ1) is 12.5. The van der Waals surface area contributed by atoms with Crippen LogP contribution < -0.4 is 5.32 Å². The average molecular weight is 429 g/mol. The summed E-state index contributed by atoms with van der Waals surface area (Å²) in [4.78, 5) is 12.5. The maximum atomic E-state index is 12.9. The van der Waals surface area contributed by atoms with E-state index in [1.54, 1.807) is 32.0 Å². The fourth-order valence-corrected chi connectivity index (χ4v) is 4.94. The van der Waals surface area contributed by atoms with E-state index in [1.165, 1.54) is 7.05 Å². The molecule has 0 unspecified atom stereocenters. The molecule has 0 atom stereocenters. The number of nitrogens with zero attached hydrogens (tertiary/aromatic N) is 1. The first-order valence-electron chi connectivity index (χ1n) is 8.27. The molecule has 146 valence electrons. The number of aryl methyl sites for hydroxylation is 3. The lowest BCUT2D eigenvalue weighted by Crippen LogP contribution is -2.38. The van der Waals surface area contributed by atoms with Crippen LogP contribution >= 0.6 is 23.2 Å². The Hall–Kier alpha value is -1.60. The molecule has 8 heteroatoms. The van der Waals surface area contributed by atoms with E-state index in [2.05, 4.69) is 5.32 Å². The monoisotopic (exact) mass is 428 g/mol. The molecular formula is C19H22Cl2N2O3S. The number of likely N-dealkylation sites (N-methyl/N-ethyl adjacent to an activating group) is 1. The van der Waals surface area contributed by atoms with Crippen LogP contribution in [-0.4, -0.2) is 32.2 Å². The van der Waals surface area contributed by atoms with E-state index in [-0.39, 0.29) is 18.0 Å². The highest BCUT2D eigenvalue weighted by Gasteiger charge is 2.26. The van der Waals surface area contributed by atoms with Crippen LogP contribution in [0, 0.1) is 20.8 Å². The molecule has 0 heterocycles. The first-order valence-corrected chi connectivity index (χ1v) is 10.5. The number of hydrogen-bond donors (Lipinski definition) is 1. The average Bonchev–Trinajstić information content (AvgIpc) is 2.52. The number of nitrogens with one attached hydrogen (secondary N) is 1. The van der Waals surface area contributed by atoms with Crippen LogP contribution in [0.5, 0.6) is 0 Å². The minimum atomic E-state index is -3.78. The Morgan fingerprint density at radius 3 is 2.22 bits per heavy atom. The van der Waals surface area contributed by atoms with Gasteiger partial charge in [0, 0.05) is 23.6 Å². The quantitative estimate of drug-likeness (QED) is 0.759. The molecule has 0 saturated heterocycles. The van der Waals surface area contributed by atoms with Crippen LogP contribution in [0.15, 0.2) is 35.2 Å². The van der Waals surface area contributed by atoms with Gasteiger partial charge in [-0.25, -0.2) is 8.42 Å². The lowest BCUT2D eigenvalue weighted by molar-refractivity contribution is -0.121. The summed E-state index contributed by atoms with van der Waals surface area (Å²) in [5.41, 5.74) is 3.01. The van der Waals surface area contributed by atoms with Crippen molar-refractivity contribution in [3.8, 4) is 0 Å². The summed E-state index contributed by atoms with van der Waals surface area (Å²) in [6.07, 6.45) is 0. The number of carbonyl (C=O) groups excluding carboxylic acids is 1. The molecule has 0 bridgehead atoms. The van der Waals surface area contributed by atoms with Gasteiger partial charge in [0.2, 0.25) is 15.9 Å². The van der Waals surface area contributed by atoms with Crippen molar-refractivity contribution in [2.75, 3.05) is 13.6 Å². The Balaban J connectivity index is 2.09. The fraction of sp³-hybridized carbons (Fsp3) is 0.316. The molecule has 2 aromatic carbocycles. The van der Waals surface area contributed by atoms with Gasteiger partial charge in [0.1, 0.15) is 0 Å². The predicted molar refractivity (Wildman–Crippen MR) is 109 cm³/mol. The number of benzene rings is 2. The zero-order valence-corrected chi connectivity index (χ0v) is 18.0. The van der Waals surface area contributed by atoms with E-state index < -0.39 is 15.9 Å². The van der Waals surface area contributed by atoms with E-state index in [4.69, 9.17) is 23.2 Å². The number of amides is 1. The third kappa shape index (κ3) is 5.23. The van der Waals surface area contributed by atoms with Gasteiger partial charge in [-0.3, -0.25) is 4.79 Å². The Morgan fingerprint density at radius 2 is 1.67 bits per heavy atom. The summed E-state index contributed by atoms with van der Waals surface area (Å²) in [6, 6.07) is 8.61. The molecule has 27 heavy (non-hydrogen) atoms. The zero-order chi connectivity index (χ0) is 20.4. The summed E-state index contributed by atoms with van der Waals surface area (Å²) in [7, 11) is -2.39. The molecule has 0 spiro atoms. The molecule has 1 amide bonds. The highest BCUT2D eigenvalue weighted by Crippen LogP contribution is 2.24. The van der Waals surface area contributed by atoms with Crippen LogP contribution in [0.4, 0.5) is 0 Å². The van der Waals surface area contributed by atoms with Crippen molar-refractivity contribution in [1.82, 2.24) is 9.62 Å². The Labute approximate surface area is 170 Å². The zero-order valence-electron chi connectivity index (χ0n) is 15.6. The second-order valence-electron chi connectivity index (χ2n) is 6.50. The molecule has 2 aromatic rings. The van der Waals surface area contributed by atoms with Gasteiger partial charge in [0.25, 0.3) is 0 Å². The van der Waals surface area contributed by atoms with Crippen molar-refractivity contribution in [1.29, 1.82) is 0 Å². The highest BCUT2D eigenvalue weighted by atomic mass is 35.5. The molecule has 0 aliphatic carbocycles. The van der Waals surface area contributed by atoms with Crippen LogP contribution in [0.2, 0.25) is 10.0 Å². The Bertz CT molecular complexity index is 952. The van der Waals surface area contributed by atoms with E-state index in [9.17, 15) is 13.2 Å². The summed E-state index contributed by atoms with van der Waals surface area (Å²) in [6.45, 7) is 5.31. The smallest absolute Gasteiger partial charge is 0.243 e. The van der Waals surface area contributed by atoms with Crippen molar-refractivity contribution in [2.45, 2.75) is 32.2 Å². The van der Waals surface area contributed by atoms with Gasteiger partial charge in [0.05, 0.1) is 11.4 Å². The number of carbonyl (C=O) groups is 1. The highest BCUT2D eigenvalue weighted by molar-refractivity contribution is 7.89. The van der Waals surface area contributed by atoms with E-state index in [1.807, 2.05) is 19.1 Å². The van der Waals surface area contributed by atoms with Crippen molar-refractivity contribution in [2.24, 2.45) is 0 Å². The maximum absolute atomic E-state index is 12.9. The van der Waals surface area contributed by atoms with Gasteiger partial charge < -0.3 is 5.32 Å². The normalized spacial score (nSPS) is 11.7. The third-order valence-electron chi connectivity index (χ3n) is 4.13. The number of sulfonamides is 1. The molecule has 2 rings (SSSR count). The lowest BCUT2D eigenvalue weighted by atomic mass is 10.1. The Kier molecular flexibility index (Phi) is 6.92. The van der Waals surface area contributed by atoms with Gasteiger partial charge in [0.15, 0.2) is 0 Å². The maximum Gasteiger partial charge on any atom is 0.243 e. The number of hydrogen-bond acceptors (Lipinski definition) is 3. The van der Waals surface area contributed by atoms with Crippen LogP contribution in [0.1, 0.15) is 22.3 Å². The second-order valence-corrected chi connectivity index (χ2v) is 9.33. The largest absolute Gasteiger partial charge is 0.351 e. The minimum absolute atomic E-state index is 0.186. The molecule has 0 aliphatic rings. The summed E-state index contributed by atoms with van der Waals surface area (Å²) in [5.74, 6) is -0.422. The summed E-state index contributed by atoms with van der Waals surface area (Å²) in [5, 5.41) is 3.62. The molecule has 0 radical (unpaired) electrons. The second kappa shape index (κ2) is 8.61. The minimum Gasteiger partial charge on any atom is -0.351 e. The van der Waals surface area contributed by atoms with Crippen LogP contribution in [-0.2, 0) is 21.4 Å². The SMILES string of the molecule is Cc1cc(C)c(S(=O)(=O)N(C)CC(=O)NCc2ccc(Cl)cc2Cl)c(C)c1. The lowest BCUT2D eigenvalue weighted by Gasteiger charge is -2.20. The van der Waals surface area contributed by atoms with Crippen molar-refractivity contribution < 1.29 is 13.2 Å². The van der Waals surface area contributed by atoms with Crippen molar-refractivity contribution in [3.05, 3.63) is 62.6 Å². The number of halogens is 2. The molecule has 0 saturated carbocycles. The molecular weight excluding hydrogens is 407 g/mol. The summed E-state index contributed by atoms with van der Waals surface area (Å²) < 4.78 is 26.8. The molecule has 0 aromatic heterocycles. The van der Waals surface area contributed by atoms with Gasteiger partial charge in [-0.05, 0) is 49.6 Å². The molecule has 0 aliphatic heterocycles. The Morgan fingerprint density at radius 1 is 1.07 bits per heavy atom. The van der Waals surface area contributed by atoms with Crippen molar-refractivity contribution in [3.63, 3.8) is 0 Å². The molecule has 5 nitrogen and oxygen atoms in total. The molecule has 1 N–H and O–H groups in total. The standard InChI is InChI=1S/C19H22Cl2N2O3S/c1-12-7-13(2)19(14(3)8-12)27(25,26)23(4)11-18(24)22-10-15-5-6-16(20)9-17(15)21/h5-9H,10-11H2,1-4H3,(H,22,24). The van der Waals surface area contributed by atoms with Crippen molar-refractivity contribution >= 4 is 39.1 Å². The summed E-state index contributed by atoms with van der Waals surface area (Å²) >= 11 is 11.9. The van der Waals surface area contributed by atoms with E-state index in [0.29, 0.717) is 26.7 Å². The van der Waals surface area contributed by atoms with Gasteiger partial charge in [-0.1, -0.05) is 47.0 Å². The topological polar surface area (TPSA) is 66.5 Å².